The molecule has 0 unspecified atom stereocenters. The van der Waals surface area contributed by atoms with Crippen molar-refractivity contribution in [3.63, 3.8) is 0 Å². The Morgan fingerprint density at radius 3 is 2.12 bits per heavy atom. The largest absolute Gasteiger partial charge is 0.389 e. The van der Waals surface area contributed by atoms with Crippen molar-refractivity contribution in [2.75, 3.05) is 0 Å². The molecule has 1 amide bonds. The van der Waals surface area contributed by atoms with E-state index in [0.29, 0.717) is 12.0 Å². The van der Waals surface area contributed by atoms with Crippen LogP contribution >= 0.6 is 0 Å². The van der Waals surface area contributed by atoms with E-state index in [4.69, 9.17) is 5.73 Å². The van der Waals surface area contributed by atoms with Gasteiger partial charge >= 0.3 is 0 Å². The van der Waals surface area contributed by atoms with Gasteiger partial charge in [0.05, 0.1) is 12.1 Å². The first kappa shape index (κ1) is 18.1. The van der Waals surface area contributed by atoms with Crippen LogP contribution in [0.5, 0.6) is 0 Å². The molecule has 0 spiro atoms. The van der Waals surface area contributed by atoms with Crippen molar-refractivity contribution in [1.29, 1.82) is 0 Å². The smallest absolute Gasteiger partial charge is 0.251 e. The zero-order valence-corrected chi connectivity index (χ0v) is 13.7. The Kier molecular flexibility index (Phi) is 6.49. The van der Waals surface area contributed by atoms with Crippen LogP contribution in [0.4, 0.5) is 0 Å². The van der Waals surface area contributed by atoms with Crippen molar-refractivity contribution in [3.8, 4) is 0 Å². The van der Waals surface area contributed by atoms with Gasteiger partial charge < -0.3 is 21.3 Å². The van der Waals surface area contributed by atoms with E-state index in [-0.39, 0.29) is 5.91 Å². The van der Waals surface area contributed by atoms with Gasteiger partial charge in [-0.05, 0) is 31.0 Å². The molecule has 5 N–H and O–H groups in total. The van der Waals surface area contributed by atoms with Crippen molar-refractivity contribution < 1.29 is 15.0 Å². The van der Waals surface area contributed by atoms with Crippen molar-refractivity contribution in [1.82, 2.24) is 5.32 Å². The zero-order valence-electron chi connectivity index (χ0n) is 13.7. The van der Waals surface area contributed by atoms with Gasteiger partial charge in [-0.25, -0.2) is 0 Å². The number of hydrogen-bond acceptors (Lipinski definition) is 4. The second-order valence-corrected chi connectivity index (χ2v) is 5.96. The fourth-order valence-corrected chi connectivity index (χ4v) is 2.52. The standard InChI is InChI=1S/C19H24N2O3/c1-13(21-19(24)15-10-6-3-7-11-15)17(22)18(23)16(20)12-14-8-4-2-5-9-14/h2-11,13,16-18,22-23H,12,20H2,1H3,(H,21,24)/t13-,16+,17-,18-/m1/s1. The number of carbonyl (C=O) groups excluding carboxylic acids is 1. The van der Waals surface area contributed by atoms with Crippen LogP contribution in [-0.4, -0.2) is 40.4 Å². The monoisotopic (exact) mass is 328 g/mol. The number of carbonyl (C=O) groups is 1. The van der Waals surface area contributed by atoms with Gasteiger partial charge in [0.2, 0.25) is 0 Å². The maximum absolute atomic E-state index is 12.1. The Labute approximate surface area is 142 Å². The van der Waals surface area contributed by atoms with E-state index in [1.54, 1.807) is 31.2 Å². The minimum atomic E-state index is -1.16. The molecule has 0 aromatic heterocycles. The lowest BCUT2D eigenvalue weighted by Gasteiger charge is -2.28. The number of aliphatic hydroxyl groups excluding tert-OH is 2. The van der Waals surface area contributed by atoms with Crippen LogP contribution in [0, 0.1) is 0 Å². The highest BCUT2D eigenvalue weighted by Crippen LogP contribution is 2.10. The summed E-state index contributed by atoms with van der Waals surface area (Å²) in [5.41, 5.74) is 7.49. The Bertz CT molecular complexity index is 634. The van der Waals surface area contributed by atoms with E-state index < -0.39 is 24.3 Å². The van der Waals surface area contributed by atoms with Crippen molar-refractivity contribution in [3.05, 3.63) is 71.8 Å². The number of nitrogens with one attached hydrogen (secondary N) is 1. The average Bonchev–Trinajstić information content (AvgIpc) is 2.61. The number of amides is 1. The number of rotatable bonds is 7. The molecule has 24 heavy (non-hydrogen) atoms. The van der Waals surface area contributed by atoms with E-state index >= 15 is 0 Å². The fraction of sp³-hybridized carbons (Fsp3) is 0.316. The van der Waals surface area contributed by atoms with Crippen molar-refractivity contribution in [2.45, 2.75) is 37.6 Å². The molecule has 2 aromatic rings. The second kappa shape index (κ2) is 8.59. The second-order valence-electron chi connectivity index (χ2n) is 5.96. The van der Waals surface area contributed by atoms with Crippen LogP contribution in [0.25, 0.3) is 0 Å². The summed E-state index contributed by atoms with van der Waals surface area (Å²) in [4.78, 5) is 12.1. The molecule has 5 nitrogen and oxygen atoms in total. The average molecular weight is 328 g/mol. The van der Waals surface area contributed by atoms with Gasteiger partial charge in [-0.15, -0.1) is 0 Å². The lowest BCUT2D eigenvalue weighted by molar-refractivity contribution is -0.0127. The number of benzene rings is 2. The first-order valence-corrected chi connectivity index (χ1v) is 8.00. The molecule has 128 valence electrons. The minimum Gasteiger partial charge on any atom is -0.389 e. The topological polar surface area (TPSA) is 95.6 Å². The van der Waals surface area contributed by atoms with Crippen LogP contribution in [0.15, 0.2) is 60.7 Å². The molecule has 0 fully saturated rings. The normalized spacial score (nSPS) is 16.0. The lowest BCUT2D eigenvalue weighted by Crippen LogP contribution is -2.53. The molecule has 2 aromatic carbocycles. The summed E-state index contributed by atoms with van der Waals surface area (Å²) >= 11 is 0. The van der Waals surface area contributed by atoms with Gasteiger partial charge in [0.25, 0.3) is 5.91 Å². The summed E-state index contributed by atoms with van der Waals surface area (Å²) in [6, 6.07) is 17.0. The summed E-state index contributed by atoms with van der Waals surface area (Å²) < 4.78 is 0. The summed E-state index contributed by atoms with van der Waals surface area (Å²) in [5.74, 6) is -0.300. The molecule has 0 radical (unpaired) electrons. The minimum absolute atomic E-state index is 0.300. The summed E-state index contributed by atoms with van der Waals surface area (Å²) in [6.45, 7) is 1.64. The van der Waals surface area contributed by atoms with E-state index in [0.717, 1.165) is 5.56 Å². The third-order valence-electron chi connectivity index (χ3n) is 4.01. The highest BCUT2D eigenvalue weighted by molar-refractivity contribution is 5.94. The van der Waals surface area contributed by atoms with E-state index in [9.17, 15) is 15.0 Å². The maximum Gasteiger partial charge on any atom is 0.251 e. The van der Waals surface area contributed by atoms with Gasteiger partial charge in [0, 0.05) is 11.6 Å². The maximum atomic E-state index is 12.1. The summed E-state index contributed by atoms with van der Waals surface area (Å²) in [5, 5.41) is 23.3. The molecule has 4 atom stereocenters. The van der Waals surface area contributed by atoms with Gasteiger partial charge in [0.15, 0.2) is 0 Å². The molecule has 0 bridgehead atoms. The van der Waals surface area contributed by atoms with Crippen LogP contribution < -0.4 is 11.1 Å². The predicted octanol–water partition coefficient (Wildman–Crippen LogP) is 1.10. The quantitative estimate of drug-likeness (QED) is 0.612. The van der Waals surface area contributed by atoms with Gasteiger partial charge in [0.1, 0.15) is 6.10 Å². The van der Waals surface area contributed by atoms with Crippen LogP contribution in [0.2, 0.25) is 0 Å². The van der Waals surface area contributed by atoms with Crippen LogP contribution in [0.3, 0.4) is 0 Å². The highest BCUT2D eigenvalue weighted by Gasteiger charge is 2.29. The third kappa shape index (κ3) is 4.89. The number of hydrogen-bond donors (Lipinski definition) is 4. The first-order chi connectivity index (χ1) is 11.5. The summed E-state index contributed by atoms with van der Waals surface area (Å²) in [7, 11) is 0. The third-order valence-corrected chi connectivity index (χ3v) is 4.01. The molecule has 5 heteroatoms. The van der Waals surface area contributed by atoms with Gasteiger partial charge in [-0.1, -0.05) is 48.5 Å². The van der Waals surface area contributed by atoms with E-state index in [2.05, 4.69) is 5.32 Å². The molecule has 0 aliphatic rings. The highest BCUT2D eigenvalue weighted by atomic mass is 16.3. The van der Waals surface area contributed by atoms with Gasteiger partial charge in [-0.2, -0.15) is 0 Å². The SMILES string of the molecule is C[C@@H](NC(=O)c1ccccc1)[C@@H](O)[C@H](O)[C@@H](N)Cc1ccccc1. The molecule has 0 aliphatic heterocycles. The molecule has 0 aliphatic carbocycles. The summed E-state index contributed by atoms with van der Waals surface area (Å²) in [6.07, 6.45) is -1.86. The van der Waals surface area contributed by atoms with E-state index in [1.807, 2.05) is 36.4 Å². The predicted molar refractivity (Wildman–Crippen MR) is 93.5 cm³/mol. The molecule has 0 saturated heterocycles. The van der Waals surface area contributed by atoms with Crippen LogP contribution in [0.1, 0.15) is 22.8 Å². The Hall–Kier alpha value is -2.21. The molecule has 2 rings (SSSR count). The van der Waals surface area contributed by atoms with Crippen molar-refractivity contribution in [2.24, 2.45) is 5.73 Å². The number of aliphatic hydroxyl groups is 2. The Morgan fingerprint density at radius 2 is 1.54 bits per heavy atom. The van der Waals surface area contributed by atoms with Gasteiger partial charge in [-0.3, -0.25) is 4.79 Å². The lowest BCUT2D eigenvalue weighted by atomic mass is 9.95. The molecule has 0 heterocycles. The van der Waals surface area contributed by atoms with Crippen LogP contribution in [-0.2, 0) is 6.42 Å². The zero-order chi connectivity index (χ0) is 17.5. The number of nitrogens with two attached hydrogens (primary N) is 1. The fourth-order valence-electron chi connectivity index (χ4n) is 2.52. The Balaban J connectivity index is 1.91. The molecule has 0 saturated carbocycles. The molecular formula is C19H24N2O3. The first-order valence-electron chi connectivity index (χ1n) is 8.00. The van der Waals surface area contributed by atoms with Crippen molar-refractivity contribution >= 4 is 5.91 Å². The van der Waals surface area contributed by atoms with E-state index in [1.165, 1.54) is 0 Å². The molecular weight excluding hydrogens is 304 g/mol. The Morgan fingerprint density at radius 1 is 1.00 bits per heavy atom.